The summed E-state index contributed by atoms with van der Waals surface area (Å²) in [6, 6.07) is 13.0. The summed E-state index contributed by atoms with van der Waals surface area (Å²) >= 11 is 0. The van der Waals surface area contributed by atoms with Crippen LogP contribution in [0.1, 0.15) is 43.1 Å². The van der Waals surface area contributed by atoms with Gasteiger partial charge >= 0.3 is 6.03 Å². The summed E-state index contributed by atoms with van der Waals surface area (Å²) in [6.07, 6.45) is 1.82. The Morgan fingerprint density at radius 3 is 2.64 bits per heavy atom. The van der Waals surface area contributed by atoms with Crippen molar-refractivity contribution in [3.8, 4) is 0 Å². The molecule has 2 amide bonds. The van der Waals surface area contributed by atoms with Gasteiger partial charge in [-0.05, 0) is 37.0 Å². The van der Waals surface area contributed by atoms with Crippen molar-refractivity contribution in [2.75, 3.05) is 6.54 Å². The largest absolute Gasteiger partial charge is 0.391 e. The van der Waals surface area contributed by atoms with E-state index in [-0.39, 0.29) is 18.6 Å². The van der Waals surface area contributed by atoms with Crippen LogP contribution in [-0.4, -0.2) is 28.8 Å². The van der Waals surface area contributed by atoms with Gasteiger partial charge in [0, 0.05) is 12.7 Å². The third kappa shape index (κ3) is 6.19. The zero-order valence-electron chi connectivity index (χ0n) is 15.1. The molecule has 134 valence electrons. The fourth-order valence-electron chi connectivity index (χ4n) is 2.74. The van der Waals surface area contributed by atoms with Crippen LogP contribution < -0.4 is 10.6 Å². The van der Waals surface area contributed by atoms with Gasteiger partial charge in [-0.3, -0.25) is 4.98 Å². The normalized spacial score (nSPS) is 13.3. The minimum absolute atomic E-state index is 0.229. The van der Waals surface area contributed by atoms with Crippen molar-refractivity contribution in [3.05, 3.63) is 65.5 Å². The first-order valence-electron chi connectivity index (χ1n) is 8.65. The van der Waals surface area contributed by atoms with E-state index < -0.39 is 6.10 Å². The second-order valence-corrected chi connectivity index (χ2v) is 6.74. The number of carbonyl (C=O) groups is 1. The molecule has 1 aromatic carbocycles. The van der Waals surface area contributed by atoms with Crippen LogP contribution in [0, 0.1) is 12.8 Å². The molecular formula is C20H27N3O2. The van der Waals surface area contributed by atoms with E-state index in [1.54, 1.807) is 6.20 Å². The van der Waals surface area contributed by atoms with Gasteiger partial charge < -0.3 is 15.7 Å². The Hall–Kier alpha value is -2.40. The number of urea groups is 1. The number of hydrogen-bond donors (Lipinski definition) is 3. The maximum Gasteiger partial charge on any atom is 0.315 e. The predicted molar refractivity (Wildman–Crippen MR) is 99.3 cm³/mol. The molecule has 5 nitrogen and oxygen atoms in total. The molecule has 25 heavy (non-hydrogen) atoms. The molecule has 3 N–H and O–H groups in total. The lowest BCUT2D eigenvalue weighted by Gasteiger charge is -2.21. The number of carbonyl (C=O) groups excluding carboxylic acids is 1. The van der Waals surface area contributed by atoms with Gasteiger partial charge in [-0.1, -0.05) is 49.7 Å². The van der Waals surface area contributed by atoms with Gasteiger partial charge in [-0.2, -0.15) is 0 Å². The molecule has 0 aliphatic carbocycles. The van der Waals surface area contributed by atoms with Crippen molar-refractivity contribution in [1.29, 1.82) is 0 Å². The third-order valence-electron chi connectivity index (χ3n) is 3.88. The standard InChI is InChI=1S/C20H27N3O2/c1-14(2)11-17(24)13-22-20(25)23-19(18-9-4-5-10-21-18)16-8-6-7-15(3)12-16/h4-10,12,14,17,19,24H,11,13H2,1-3H3,(H2,22,23,25). The van der Waals surface area contributed by atoms with Gasteiger partial charge in [-0.15, -0.1) is 0 Å². The summed E-state index contributed by atoms with van der Waals surface area (Å²) in [4.78, 5) is 16.7. The van der Waals surface area contributed by atoms with Crippen LogP contribution in [0.25, 0.3) is 0 Å². The number of aryl methyl sites for hydroxylation is 1. The summed E-state index contributed by atoms with van der Waals surface area (Å²) < 4.78 is 0. The van der Waals surface area contributed by atoms with Gasteiger partial charge in [-0.25, -0.2) is 4.79 Å². The number of pyridine rings is 1. The minimum atomic E-state index is -0.543. The Labute approximate surface area is 149 Å². The summed E-state index contributed by atoms with van der Waals surface area (Å²) in [6.45, 7) is 6.32. The van der Waals surface area contributed by atoms with Crippen molar-refractivity contribution in [2.45, 2.75) is 39.3 Å². The van der Waals surface area contributed by atoms with Crippen LogP contribution in [0.15, 0.2) is 48.7 Å². The molecule has 0 aliphatic rings. The zero-order chi connectivity index (χ0) is 18.2. The summed E-state index contributed by atoms with van der Waals surface area (Å²) in [5, 5.41) is 15.6. The van der Waals surface area contributed by atoms with E-state index >= 15 is 0 Å². The maximum atomic E-state index is 12.3. The average Bonchev–Trinajstić information content (AvgIpc) is 2.58. The number of aromatic nitrogens is 1. The Morgan fingerprint density at radius 2 is 2.00 bits per heavy atom. The van der Waals surface area contributed by atoms with E-state index in [1.807, 2.05) is 63.2 Å². The molecule has 0 aliphatic heterocycles. The predicted octanol–water partition coefficient (Wildman–Crippen LogP) is 3.19. The van der Waals surface area contributed by atoms with E-state index in [0.29, 0.717) is 12.3 Å². The van der Waals surface area contributed by atoms with Crippen LogP contribution in [0.3, 0.4) is 0 Å². The number of benzene rings is 1. The molecule has 2 atom stereocenters. The molecule has 0 bridgehead atoms. The summed E-state index contributed by atoms with van der Waals surface area (Å²) in [5.74, 6) is 0.383. The topological polar surface area (TPSA) is 74.2 Å². The highest BCUT2D eigenvalue weighted by Gasteiger charge is 2.18. The number of nitrogens with one attached hydrogen (secondary N) is 2. The molecule has 1 heterocycles. The van der Waals surface area contributed by atoms with Gasteiger partial charge in [0.25, 0.3) is 0 Å². The Balaban J connectivity index is 2.08. The molecule has 0 saturated heterocycles. The first-order chi connectivity index (χ1) is 12.0. The molecule has 0 spiro atoms. The van der Waals surface area contributed by atoms with Crippen LogP contribution in [0.4, 0.5) is 4.79 Å². The molecule has 0 saturated carbocycles. The molecule has 0 fully saturated rings. The van der Waals surface area contributed by atoms with Crippen LogP contribution in [-0.2, 0) is 0 Å². The number of amides is 2. The molecular weight excluding hydrogens is 314 g/mol. The first kappa shape index (κ1) is 18.9. The first-order valence-corrected chi connectivity index (χ1v) is 8.65. The second-order valence-electron chi connectivity index (χ2n) is 6.74. The highest BCUT2D eigenvalue weighted by molar-refractivity contribution is 5.75. The van der Waals surface area contributed by atoms with E-state index in [2.05, 4.69) is 15.6 Å². The van der Waals surface area contributed by atoms with Gasteiger partial charge in [0.05, 0.1) is 17.8 Å². The van der Waals surface area contributed by atoms with Gasteiger partial charge in [0.15, 0.2) is 0 Å². The summed E-state index contributed by atoms with van der Waals surface area (Å²) in [5.41, 5.74) is 2.86. The van der Waals surface area contributed by atoms with E-state index in [4.69, 9.17) is 0 Å². The van der Waals surface area contributed by atoms with Crippen molar-refractivity contribution < 1.29 is 9.90 Å². The number of aliphatic hydroxyl groups is 1. The zero-order valence-corrected chi connectivity index (χ0v) is 15.1. The third-order valence-corrected chi connectivity index (χ3v) is 3.88. The molecule has 0 radical (unpaired) electrons. The molecule has 2 unspecified atom stereocenters. The van der Waals surface area contributed by atoms with Crippen LogP contribution >= 0.6 is 0 Å². The van der Waals surface area contributed by atoms with Gasteiger partial charge in [0.2, 0.25) is 0 Å². The van der Waals surface area contributed by atoms with E-state index in [0.717, 1.165) is 16.8 Å². The SMILES string of the molecule is Cc1cccc(C(NC(=O)NCC(O)CC(C)C)c2ccccn2)c1. The molecule has 5 heteroatoms. The lowest BCUT2D eigenvalue weighted by molar-refractivity contribution is 0.146. The van der Waals surface area contributed by atoms with Gasteiger partial charge in [0.1, 0.15) is 0 Å². The number of nitrogens with zero attached hydrogens (tertiary/aromatic N) is 1. The minimum Gasteiger partial charge on any atom is -0.391 e. The lowest BCUT2D eigenvalue weighted by Crippen LogP contribution is -2.42. The van der Waals surface area contributed by atoms with Crippen molar-refractivity contribution in [2.24, 2.45) is 5.92 Å². The smallest absolute Gasteiger partial charge is 0.315 e. The molecule has 2 rings (SSSR count). The average molecular weight is 341 g/mol. The highest BCUT2D eigenvalue weighted by Crippen LogP contribution is 2.21. The second kappa shape index (κ2) is 9.18. The lowest BCUT2D eigenvalue weighted by atomic mass is 10.0. The van der Waals surface area contributed by atoms with Crippen LogP contribution in [0.5, 0.6) is 0 Å². The number of rotatable bonds is 7. The highest BCUT2D eigenvalue weighted by atomic mass is 16.3. The Kier molecular flexibility index (Phi) is 6.95. The fraction of sp³-hybridized carbons (Fsp3) is 0.400. The van der Waals surface area contributed by atoms with Crippen molar-refractivity contribution >= 4 is 6.03 Å². The molecule has 1 aromatic heterocycles. The number of aliphatic hydroxyl groups excluding tert-OH is 1. The van der Waals surface area contributed by atoms with E-state index in [9.17, 15) is 9.90 Å². The van der Waals surface area contributed by atoms with Crippen molar-refractivity contribution in [1.82, 2.24) is 15.6 Å². The Bertz CT molecular complexity index is 674. The fourth-order valence-corrected chi connectivity index (χ4v) is 2.74. The molecule has 2 aromatic rings. The quantitative estimate of drug-likeness (QED) is 0.724. The van der Waals surface area contributed by atoms with Crippen LogP contribution in [0.2, 0.25) is 0 Å². The Morgan fingerprint density at radius 1 is 1.20 bits per heavy atom. The number of hydrogen-bond acceptors (Lipinski definition) is 3. The summed E-state index contributed by atoms with van der Waals surface area (Å²) in [7, 11) is 0. The van der Waals surface area contributed by atoms with E-state index in [1.165, 1.54) is 0 Å². The maximum absolute atomic E-state index is 12.3. The monoisotopic (exact) mass is 341 g/mol. The van der Waals surface area contributed by atoms with Crippen molar-refractivity contribution in [3.63, 3.8) is 0 Å².